The molecule has 5 rings (SSSR count). The van der Waals surface area contributed by atoms with Crippen LogP contribution in [0, 0.1) is 0 Å². The lowest BCUT2D eigenvalue weighted by Gasteiger charge is -2.09. The Hall–Kier alpha value is -4.13. The van der Waals surface area contributed by atoms with E-state index in [1.165, 1.54) is 0 Å². The minimum Gasteiger partial charge on any atom is -0.463 e. The van der Waals surface area contributed by atoms with Crippen LogP contribution in [0.15, 0.2) is 83.5 Å². The molecule has 0 atom stereocenters. The largest absolute Gasteiger partial charge is 0.463 e. The maximum absolute atomic E-state index is 13.2. The van der Waals surface area contributed by atoms with E-state index < -0.39 is 0 Å². The van der Waals surface area contributed by atoms with Crippen LogP contribution in [0.1, 0.15) is 23.2 Å². The van der Waals surface area contributed by atoms with E-state index >= 15 is 0 Å². The van der Waals surface area contributed by atoms with Gasteiger partial charge in [-0.3, -0.25) is 4.79 Å². The summed E-state index contributed by atoms with van der Waals surface area (Å²) in [6.45, 7) is 3.16. The van der Waals surface area contributed by atoms with Gasteiger partial charge in [-0.2, -0.15) is 5.10 Å². The number of furan rings is 1. The third kappa shape index (κ3) is 3.50. The number of hydrogen-bond acceptors (Lipinski definition) is 4. The molecule has 0 unspecified atom stereocenters. The number of nitrogens with one attached hydrogen (secondary N) is 1. The number of nitrogens with zero attached hydrogens (tertiary/aromatic N) is 4. The first kappa shape index (κ1) is 18.9. The molecule has 154 valence electrons. The molecule has 0 bridgehead atoms. The molecule has 0 saturated heterocycles. The monoisotopic (exact) mass is 411 g/mol. The quantitative estimate of drug-likeness (QED) is 0.448. The molecule has 2 aromatic carbocycles. The summed E-state index contributed by atoms with van der Waals surface area (Å²) in [6.07, 6.45) is 1.59. The van der Waals surface area contributed by atoms with Gasteiger partial charge < -0.3 is 14.3 Å². The van der Waals surface area contributed by atoms with Crippen LogP contribution in [-0.4, -0.2) is 25.2 Å². The number of carbonyl (C=O) groups excluding carboxylic acids is 1. The van der Waals surface area contributed by atoms with Crippen LogP contribution in [-0.2, 0) is 13.1 Å². The summed E-state index contributed by atoms with van der Waals surface area (Å²) >= 11 is 0. The van der Waals surface area contributed by atoms with Crippen molar-refractivity contribution >= 4 is 16.9 Å². The van der Waals surface area contributed by atoms with Crippen LogP contribution in [0.25, 0.3) is 28.2 Å². The lowest BCUT2D eigenvalue weighted by molar-refractivity contribution is 0.0941. The smallest absolute Gasteiger partial charge is 0.270 e. The number of imidazole rings is 1. The highest BCUT2D eigenvalue weighted by atomic mass is 16.3. The highest BCUT2D eigenvalue weighted by Crippen LogP contribution is 2.22. The molecule has 0 aliphatic rings. The molecular weight excluding hydrogens is 390 g/mol. The molecular formula is C24H21N5O2. The zero-order valence-corrected chi connectivity index (χ0v) is 17.0. The molecule has 5 aromatic rings. The van der Waals surface area contributed by atoms with Crippen molar-refractivity contribution in [3.05, 3.63) is 90.6 Å². The van der Waals surface area contributed by atoms with Gasteiger partial charge in [0.25, 0.3) is 5.91 Å². The Morgan fingerprint density at radius 1 is 1.03 bits per heavy atom. The number of para-hydroxylation sites is 3. The summed E-state index contributed by atoms with van der Waals surface area (Å²) < 4.78 is 9.22. The summed E-state index contributed by atoms with van der Waals surface area (Å²) in [7, 11) is 0. The van der Waals surface area contributed by atoms with Crippen molar-refractivity contribution in [3.8, 4) is 17.1 Å². The zero-order valence-electron chi connectivity index (χ0n) is 17.0. The fraction of sp³-hybridized carbons (Fsp3) is 0.125. The van der Waals surface area contributed by atoms with Gasteiger partial charge >= 0.3 is 0 Å². The van der Waals surface area contributed by atoms with E-state index in [1.807, 2.05) is 60.7 Å². The number of carbonyl (C=O) groups is 1. The van der Waals surface area contributed by atoms with Gasteiger partial charge in [-0.25, -0.2) is 9.67 Å². The Labute approximate surface area is 178 Å². The maximum Gasteiger partial charge on any atom is 0.270 e. The molecule has 31 heavy (non-hydrogen) atoms. The fourth-order valence-corrected chi connectivity index (χ4v) is 3.72. The molecule has 0 spiro atoms. The highest BCUT2D eigenvalue weighted by Gasteiger charge is 2.19. The summed E-state index contributed by atoms with van der Waals surface area (Å²) in [5, 5.41) is 7.61. The molecule has 7 nitrogen and oxygen atoms in total. The molecule has 0 aliphatic carbocycles. The minimum absolute atomic E-state index is 0.233. The molecule has 1 N–H and O–H groups in total. The Morgan fingerprint density at radius 2 is 1.84 bits per heavy atom. The van der Waals surface area contributed by atoms with Gasteiger partial charge in [0, 0.05) is 12.6 Å². The van der Waals surface area contributed by atoms with Crippen LogP contribution in [0.3, 0.4) is 0 Å². The number of aromatic nitrogens is 4. The lowest BCUT2D eigenvalue weighted by Crippen LogP contribution is -2.27. The van der Waals surface area contributed by atoms with Crippen LogP contribution in [0.4, 0.5) is 0 Å². The van der Waals surface area contributed by atoms with E-state index in [4.69, 9.17) is 4.42 Å². The first-order valence-electron chi connectivity index (χ1n) is 10.2. The maximum atomic E-state index is 13.2. The second-order valence-electron chi connectivity index (χ2n) is 7.08. The van der Waals surface area contributed by atoms with E-state index in [0.29, 0.717) is 23.7 Å². The van der Waals surface area contributed by atoms with Crippen molar-refractivity contribution < 1.29 is 9.21 Å². The zero-order chi connectivity index (χ0) is 21.2. The van der Waals surface area contributed by atoms with E-state index in [1.54, 1.807) is 23.1 Å². The normalized spacial score (nSPS) is 11.1. The average molecular weight is 411 g/mol. The predicted octanol–water partition coefficient (Wildman–Crippen LogP) is 4.43. The first-order chi connectivity index (χ1) is 15.2. The molecule has 3 heterocycles. The van der Waals surface area contributed by atoms with Gasteiger partial charge in [0.1, 0.15) is 17.2 Å². The van der Waals surface area contributed by atoms with E-state index in [9.17, 15) is 4.79 Å². The Morgan fingerprint density at radius 3 is 2.61 bits per heavy atom. The molecule has 0 saturated carbocycles. The topological polar surface area (TPSA) is 77.9 Å². The number of aryl methyl sites for hydroxylation is 1. The predicted molar refractivity (Wildman–Crippen MR) is 118 cm³/mol. The van der Waals surface area contributed by atoms with E-state index in [0.717, 1.165) is 29.1 Å². The summed E-state index contributed by atoms with van der Waals surface area (Å²) in [5.74, 6) is 1.19. The average Bonchev–Trinajstić information content (AvgIpc) is 3.55. The van der Waals surface area contributed by atoms with E-state index in [-0.39, 0.29) is 5.91 Å². The van der Waals surface area contributed by atoms with Gasteiger partial charge in [-0.15, -0.1) is 0 Å². The van der Waals surface area contributed by atoms with Crippen LogP contribution < -0.4 is 5.32 Å². The standard InChI is InChI=1S/C24H21N5O2/c1-2-28-20-12-7-6-11-18(20)26-23(28)16-25-24(30)21-15-19(22-13-8-14-31-22)27-29(21)17-9-4-3-5-10-17/h3-15H,2,16H2,1H3,(H,25,30). The van der Waals surface area contributed by atoms with E-state index in [2.05, 4.69) is 26.9 Å². The van der Waals surface area contributed by atoms with Crippen LogP contribution >= 0.6 is 0 Å². The van der Waals surface area contributed by atoms with Crippen molar-refractivity contribution in [1.82, 2.24) is 24.6 Å². The number of hydrogen-bond donors (Lipinski definition) is 1. The second kappa shape index (κ2) is 7.95. The summed E-state index contributed by atoms with van der Waals surface area (Å²) in [5.41, 5.74) is 3.80. The Balaban J connectivity index is 1.47. The third-order valence-corrected chi connectivity index (χ3v) is 5.17. The van der Waals surface area contributed by atoms with Crippen molar-refractivity contribution in [2.24, 2.45) is 0 Å². The molecule has 0 fully saturated rings. The second-order valence-corrected chi connectivity index (χ2v) is 7.08. The van der Waals surface area contributed by atoms with Crippen molar-refractivity contribution in [1.29, 1.82) is 0 Å². The van der Waals surface area contributed by atoms with Crippen LogP contribution in [0.2, 0.25) is 0 Å². The van der Waals surface area contributed by atoms with Gasteiger partial charge in [-0.05, 0) is 43.3 Å². The number of benzene rings is 2. The van der Waals surface area contributed by atoms with Crippen molar-refractivity contribution in [3.63, 3.8) is 0 Å². The van der Waals surface area contributed by atoms with Crippen molar-refractivity contribution in [2.45, 2.75) is 20.0 Å². The SMILES string of the molecule is CCn1c(CNC(=O)c2cc(-c3ccco3)nn2-c2ccccc2)nc2ccccc21. The molecule has 3 aromatic heterocycles. The minimum atomic E-state index is -0.233. The van der Waals surface area contributed by atoms with Gasteiger partial charge in [-0.1, -0.05) is 30.3 Å². The molecule has 0 radical (unpaired) electrons. The third-order valence-electron chi connectivity index (χ3n) is 5.17. The van der Waals surface area contributed by atoms with Crippen molar-refractivity contribution in [2.75, 3.05) is 0 Å². The Kier molecular flexibility index (Phi) is 4.84. The summed E-state index contributed by atoms with van der Waals surface area (Å²) in [4.78, 5) is 17.9. The van der Waals surface area contributed by atoms with Gasteiger partial charge in [0.15, 0.2) is 5.76 Å². The lowest BCUT2D eigenvalue weighted by atomic mass is 10.2. The summed E-state index contributed by atoms with van der Waals surface area (Å²) in [6, 6.07) is 22.9. The first-order valence-corrected chi connectivity index (χ1v) is 10.2. The van der Waals surface area contributed by atoms with Gasteiger partial charge in [0.2, 0.25) is 0 Å². The number of amides is 1. The number of rotatable bonds is 6. The fourth-order valence-electron chi connectivity index (χ4n) is 3.72. The molecule has 7 heteroatoms. The highest BCUT2D eigenvalue weighted by molar-refractivity contribution is 5.94. The van der Waals surface area contributed by atoms with Crippen LogP contribution in [0.5, 0.6) is 0 Å². The molecule has 1 amide bonds. The number of fused-ring (bicyclic) bond motifs is 1. The Bertz CT molecular complexity index is 1330. The molecule has 0 aliphatic heterocycles. The van der Waals surface area contributed by atoms with Gasteiger partial charge in [0.05, 0.1) is 29.5 Å².